The molecule has 2 aromatic rings. The summed E-state index contributed by atoms with van der Waals surface area (Å²) in [6.07, 6.45) is 0.433. The highest BCUT2D eigenvalue weighted by Crippen LogP contribution is 2.29. The maximum atomic E-state index is 9.73. The standard InChI is InChI=1S/C21H33N5O2/c1-13-4-5-19-16(10-13)11-18(20(22)24-15(3)28)21(25-19)26-8-6-17(7-9-26)23-12-14(2)27/h4-5,10-11,14-15,17,20,23-24,27-28H,6-9,12,22H2,1-3H3/t14-,15?,20?/m1/s1. The Hall–Kier alpha value is -1.77. The van der Waals surface area contributed by atoms with Gasteiger partial charge in [0.1, 0.15) is 12.0 Å². The van der Waals surface area contributed by atoms with Crippen molar-refractivity contribution >= 4 is 16.7 Å². The molecule has 3 rings (SSSR count). The zero-order chi connectivity index (χ0) is 20.3. The third kappa shape index (κ3) is 5.18. The molecule has 2 unspecified atom stereocenters. The van der Waals surface area contributed by atoms with Gasteiger partial charge in [0.05, 0.1) is 17.8 Å². The quantitative estimate of drug-likeness (QED) is 0.457. The Bertz CT molecular complexity index is 788. The summed E-state index contributed by atoms with van der Waals surface area (Å²) in [6, 6.07) is 8.71. The Morgan fingerprint density at radius 2 is 1.93 bits per heavy atom. The monoisotopic (exact) mass is 387 g/mol. The van der Waals surface area contributed by atoms with Gasteiger partial charge in [-0.05, 0) is 51.8 Å². The van der Waals surface area contributed by atoms with Gasteiger partial charge in [0.2, 0.25) is 0 Å². The van der Waals surface area contributed by atoms with Crippen molar-refractivity contribution in [2.24, 2.45) is 5.73 Å². The van der Waals surface area contributed by atoms with Gasteiger partial charge >= 0.3 is 0 Å². The van der Waals surface area contributed by atoms with Crippen LogP contribution in [0.1, 0.15) is 44.0 Å². The second-order valence-electron chi connectivity index (χ2n) is 7.94. The number of aliphatic hydroxyl groups excluding tert-OH is 2. The average Bonchev–Trinajstić information content (AvgIpc) is 2.65. The topological polar surface area (TPSA) is 107 Å². The van der Waals surface area contributed by atoms with E-state index in [-0.39, 0.29) is 6.10 Å². The first-order chi connectivity index (χ1) is 13.3. The van der Waals surface area contributed by atoms with Crippen molar-refractivity contribution in [2.45, 2.75) is 58.2 Å². The molecule has 28 heavy (non-hydrogen) atoms. The van der Waals surface area contributed by atoms with E-state index in [1.807, 2.05) is 6.07 Å². The van der Waals surface area contributed by atoms with Gasteiger partial charge in [-0.15, -0.1) is 0 Å². The van der Waals surface area contributed by atoms with Gasteiger partial charge in [-0.1, -0.05) is 11.6 Å². The van der Waals surface area contributed by atoms with Gasteiger partial charge in [0, 0.05) is 36.6 Å². The van der Waals surface area contributed by atoms with Crippen LogP contribution in [0.15, 0.2) is 24.3 Å². The molecular formula is C21H33N5O2. The summed E-state index contributed by atoms with van der Waals surface area (Å²) in [5.74, 6) is 0.881. The Labute approximate surface area is 166 Å². The molecule has 1 aromatic heterocycles. The van der Waals surface area contributed by atoms with Crippen LogP contribution in [-0.2, 0) is 0 Å². The summed E-state index contributed by atoms with van der Waals surface area (Å²) in [5.41, 5.74) is 9.38. The van der Waals surface area contributed by atoms with Gasteiger partial charge in [-0.25, -0.2) is 4.98 Å². The minimum absolute atomic E-state index is 0.334. The molecule has 7 nitrogen and oxygen atoms in total. The summed E-state index contributed by atoms with van der Waals surface area (Å²) in [4.78, 5) is 7.21. The smallest absolute Gasteiger partial charge is 0.135 e. The van der Waals surface area contributed by atoms with Gasteiger partial charge in [-0.2, -0.15) is 0 Å². The molecule has 1 aromatic carbocycles. The number of pyridine rings is 1. The lowest BCUT2D eigenvalue weighted by molar-refractivity contribution is 0.141. The maximum Gasteiger partial charge on any atom is 0.135 e. The van der Waals surface area contributed by atoms with E-state index in [0.29, 0.717) is 12.6 Å². The van der Waals surface area contributed by atoms with E-state index in [2.05, 4.69) is 40.7 Å². The SMILES string of the molecule is Cc1ccc2nc(N3CCC(NC[C@@H](C)O)CC3)c(C(N)NC(C)O)cc2c1. The van der Waals surface area contributed by atoms with E-state index in [9.17, 15) is 10.2 Å². The molecule has 2 heterocycles. The predicted octanol–water partition coefficient (Wildman–Crippen LogP) is 1.37. The summed E-state index contributed by atoms with van der Waals surface area (Å²) < 4.78 is 0. The number of nitrogens with two attached hydrogens (primary N) is 1. The van der Waals surface area contributed by atoms with E-state index in [4.69, 9.17) is 10.7 Å². The number of aromatic nitrogens is 1. The third-order valence-electron chi connectivity index (χ3n) is 5.23. The minimum Gasteiger partial charge on any atom is -0.392 e. The molecule has 154 valence electrons. The molecule has 0 radical (unpaired) electrons. The van der Waals surface area contributed by atoms with Crippen molar-refractivity contribution in [2.75, 3.05) is 24.5 Å². The largest absolute Gasteiger partial charge is 0.392 e. The molecule has 0 saturated carbocycles. The molecule has 3 atom stereocenters. The maximum absolute atomic E-state index is 9.73. The lowest BCUT2D eigenvalue weighted by Gasteiger charge is -2.35. The van der Waals surface area contributed by atoms with Crippen molar-refractivity contribution < 1.29 is 10.2 Å². The average molecular weight is 388 g/mol. The summed E-state index contributed by atoms with van der Waals surface area (Å²) >= 11 is 0. The van der Waals surface area contributed by atoms with E-state index in [1.54, 1.807) is 13.8 Å². The fourth-order valence-electron chi connectivity index (χ4n) is 3.77. The van der Waals surface area contributed by atoms with Crippen LogP contribution >= 0.6 is 0 Å². The first-order valence-electron chi connectivity index (χ1n) is 10.1. The van der Waals surface area contributed by atoms with E-state index < -0.39 is 12.4 Å². The lowest BCUT2D eigenvalue weighted by atomic mass is 10.0. The predicted molar refractivity (Wildman–Crippen MR) is 113 cm³/mol. The molecule has 1 aliphatic heterocycles. The number of piperidine rings is 1. The Morgan fingerprint density at radius 3 is 2.57 bits per heavy atom. The lowest BCUT2D eigenvalue weighted by Crippen LogP contribution is -2.45. The third-order valence-corrected chi connectivity index (χ3v) is 5.23. The summed E-state index contributed by atoms with van der Waals surface area (Å²) in [7, 11) is 0. The van der Waals surface area contributed by atoms with Gasteiger partial charge in [0.15, 0.2) is 0 Å². The van der Waals surface area contributed by atoms with Crippen molar-refractivity contribution in [1.82, 2.24) is 15.6 Å². The summed E-state index contributed by atoms with van der Waals surface area (Å²) in [5, 5.41) is 26.7. The molecular weight excluding hydrogens is 354 g/mol. The molecule has 7 heteroatoms. The molecule has 0 spiro atoms. The number of benzene rings is 1. The van der Waals surface area contributed by atoms with E-state index in [0.717, 1.165) is 48.2 Å². The molecule has 0 amide bonds. The molecule has 1 saturated heterocycles. The second kappa shape index (κ2) is 9.15. The van der Waals surface area contributed by atoms with E-state index in [1.165, 1.54) is 5.56 Å². The van der Waals surface area contributed by atoms with E-state index >= 15 is 0 Å². The van der Waals surface area contributed by atoms with Gasteiger partial charge in [-0.3, -0.25) is 5.32 Å². The number of nitrogens with zero attached hydrogens (tertiary/aromatic N) is 2. The van der Waals surface area contributed by atoms with Crippen molar-refractivity contribution in [3.63, 3.8) is 0 Å². The van der Waals surface area contributed by atoms with Crippen LogP contribution in [0.2, 0.25) is 0 Å². The fraction of sp³-hybridized carbons (Fsp3) is 0.571. The summed E-state index contributed by atoms with van der Waals surface area (Å²) in [6.45, 7) is 7.88. The fourth-order valence-corrected chi connectivity index (χ4v) is 3.77. The molecule has 0 bridgehead atoms. The zero-order valence-electron chi connectivity index (χ0n) is 17.0. The number of fused-ring (bicyclic) bond motifs is 1. The van der Waals surface area contributed by atoms with Crippen molar-refractivity contribution in [3.05, 3.63) is 35.4 Å². The normalized spacial score (nSPS) is 19.0. The number of aryl methyl sites for hydroxylation is 1. The highest BCUT2D eigenvalue weighted by atomic mass is 16.3. The van der Waals surface area contributed by atoms with Gasteiger partial charge < -0.3 is 26.2 Å². The van der Waals surface area contributed by atoms with Crippen LogP contribution in [0.5, 0.6) is 0 Å². The highest BCUT2D eigenvalue weighted by molar-refractivity contribution is 5.82. The molecule has 0 aliphatic carbocycles. The first kappa shape index (κ1) is 21.0. The van der Waals surface area contributed by atoms with Crippen LogP contribution < -0.4 is 21.3 Å². The number of hydrogen-bond acceptors (Lipinski definition) is 7. The van der Waals surface area contributed by atoms with Crippen LogP contribution in [0.25, 0.3) is 10.9 Å². The first-order valence-corrected chi connectivity index (χ1v) is 10.1. The number of rotatable bonds is 7. The minimum atomic E-state index is -0.702. The highest BCUT2D eigenvalue weighted by Gasteiger charge is 2.24. The number of hydrogen-bond donors (Lipinski definition) is 5. The van der Waals surface area contributed by atoms with Crippen molar-refractivity contribution in [1.29, 1.82) is 0 Å². The number of nitrogens with one attached hydrogen (secondary N) is 2. The Morgan fingerprint density at radius 1 is 1.21 bits per heavy atom. The molecule has 1 aliphatic rings. The molecule has 1 fully saturated rings. The number of anilines is 1. The van der Waals surface area contributed by atoms with Crippen LogP contribution in [-0.4, -0.2) is 53.2 Å². The Kier molecular flexibility index (Phi) is 6.85. The molecule has 6 N–H and O–H groups in total. The van der Waals surface area contributed by atoms with Crippen LogP contribution in [0.3, 0.4) is 0 Å². The number of aliphatic hydroxyl groups is 2. The van der Waals surface area contributed by atoms with Crippen LogP contribution in [0.4, 0.5) is 5.82 Å². The second-order valence-corrected chi connectivity index (χ2v) is 7.94. The Balaban J connectivity index is 1.85. The van der Waals surface area contributed by atoms with Crippen molar-refractivity contribution in [3.8, 4) is 0 Å². The zero-order valence-corrected chi connectivity index (χ0v) is 17.0. The van der Waals surface area contributed by atoms with Crippen LogP contribution in [0, 0.1) is 6.92 Å². The van der Waals surface area contributed by atoms with Gasteiger partial charge in [0.25, 0.3) is 0 Å².